The molecule has 1 saturated heterocycles. The largest absolute Gasteiger partial charge is 0.371 e. The zero-order chi connectivity index (χ0) is 15.4. The van der Waals surface area contributed by atoms with E-state index in [2.05, 4.69) is 53.3 Å². The predicted molar refractivity (Wildman–Crippen MR) is 92.2 cm³/mol. The molecule has 116 valence electrons. The molecule has 3 rings (SSSR count). The number of pyridine rings is 1. The van der Waals surface area contributed by atoms with Gasteiger partial charge in [0.05, 0.1) is 5.69 Å². The first-order valence-corrected chi connectivity index (χ1v) is 8.18. The Morgan fingerprint density at radius 1 is 1.09 bits per heavy atom. The van der Waals surface area contributed by atoms with Crippen molar-refractivity contribution in [2.75, 3.05) is 18.0 Å². The van der Waals surface area contributed by atoms with Gasteiger partial charge in [0.2, 0.25) is 0 Å². The summed E-state index contributed by atoms with van der Waals surface area (Å²) < 4.78 is 0. The van der Waals surface area contributed by atoms with Gasteiger partial charge in [0, 0.05) is 37.6 Å². The van der Waals surface area contributed by atoms with Crippen molar-refractivity contribution in [1.82, 2.24) is 10.3 Å². The van der Waals surface area contributed by atoms with Gasteiger partial charge in [0.1, 0.15) is 0 Å². The van der Waals surface area contributed by atoms with Gasteiger partial charge in [-0.2, -0.15) is 0 Å². The summed E-state index contributed by atoms with van der Waals surface area (Å²) in [6, 6.07) is 13.3. The maximum absolute atomic E-state index is 4.37. The molecule has 0 radical (unpaired) electrons. The average molecular weight is 295 g/mol. The van der Waals surface area contributed by atoms with E-state index >= 15 is 0 Å². The normalized spacial score (nSPS) is 16.0. The molecule has 1 aromatic carbocycles. The second-order valence-electron chi connectivity index (χ2n) is 6.18. The maximum atomic E-state index is 4.37. The topological polar surface area (TPSA) is 28.2 Å². The van der Waals surface area contributed by atoms with Crippen LogP contribution in [0.3, 0.4) is 0 Å². The summed E-state index contributed by atoms with van der Waals surface area (Å²) in [5.74, 6) is 0. The highest BCUT2D eigenvalue weighted by Crippen LogP contribution is 2.25. The highest BCUT2D eigenvalue weighted by molar-refractivity contribution is 5.56. The summed E-state index contributed by atoms with van der Waals surface area (Å²) in [6.45, 7) is 7.55. The first-order valence-electron chi connectivity index (χ1n) is 8.18. The Morgan fingerprint density at radius 2 is 1.91 bits per heavy atom. The van der Waals surface area contributed by atoms with Gasteiger partial charge in [-0.3, -0.25) is 4.98 Å². The molecule has 0 atom stereocenters. The number of rotatable bonds is 4. The van der Waals surface area contributed by atoms with Crippen LogP contribution in [0.1, 0.15) is 29.7 Å². The second kappa shape index (κ2) is 6.93. The van der Waals surface area contributed by atoms with Crippen LogP contribution in [0.15, 0.2) is 42.6 Å². The highest BCUT2D eigenvalue weighted by atomic mass is 15.1. The minimum Gasteiger partial charge on any atom is -0.371 e. The van der Waals surface area contributed by atoms with Crippen molar-refractivity contribution in [1.29, 1.82) is 0 Å². The van der Waals surface area contributed by atoms with E-state index in [1.165, 1.54) is 29.7 Å². The van der Waals surface area contributed by atoms with Gasteiger partial charge in [0.15, 0.2) is 0 Å². The quantitative estimate of drug-likeness (QED) is 0.936. The average Bonchev–Trinajstić information content (AvgIpc) is 2.57. The van der Waals surface area contributed by atoms with Crippen LogP contribution in [0, 0.1) is 13.8 Å². The molecule has 0 amide bonds. The molecule has 2 heterocycles. The number of anilines is 1. The van der Waals surface area contributed by atoms with Crippen LogP contribution in [-0.4, -0.2) is 24.1 Å². The molecule has 1 N–H and O–H groups in total. The Labute approximate surface area is 133 Å². The van der Waals surface area contributed by atoms with Crippen LogP contribution >= 0.6 is 0 Å². The zero-order valence-corrected chi connectivity index (χ0v) is 13.5. The van der Waals surface area contributed by atoms with E-state index in [1.54, 1.807) is 0 Å². The Hall–Kier alpha value is -1.87. The molecule has 0 bridgehead atoms. The number of aryl methyl sites for hydroxylation is 1. The molecule has 0 aliphatic carbocycles. The number of hydrogen-bond donors (Lipinski definition) is 1. The SMILES string of the molecule is Cc1cccc(N2CCC(NCc3ccccn3)CC2)c1C. The van der Waals surface area contributed by atoms with E-state index in [0.29, 0.717) is 6.04 Å². The van der Waals surface area contributed by atoms with E-state index in [1.807, 2.05) is 18.3 Å². The van der Waals surface area contributed by atoms with Crippen LogP contribution in [0.5, 0.6) is 0 Å². The van der Waals surface area contributed by atoms with Crippen molar-refractivity contribution in [3.05, 3.63) is 59.4 Å². The van der Waals surface area contributed by atoms with Crippen LogP contribution < -0.4 is 10.2 Å². The molecular weight excluding hydrogens is 270 g/mol. The number of piperidine rings is 1. The third-order valence-corrected chi connectivity index (χ3v) is 4.71. The number of nitrogens with one attached hydrogen (secondary N) is 1. The summed E-state index contributed by atoms with van der Waals surface area (Å²) in [5.41, 5.74) is 5.33. The molecule has 1 aromatic heterocycles. The van der Waals surface area contributed by atoms with Crippen LogP contribution in [-0.2, 0) is 6.54 Å². The Kier molecular flexibility index (Phi) is 4.74. The van der Waals surface area contributed by atoms with Gasteiger partial charge in [-0.15, -0.1) is 0 Å². The second-order valence-corrected chi connectivity index (χ2v) is 6.18. The van der Waals surface area contributed by atoms with Crippen molar-refractivity contribution >= 4 is 5.69 Å². The van der Waals surface area contributed by atoms with Gasteiger partial charge in [-0.25, -0.2) is 0 Å². The van der Waals surface area contributed by atoms with Crippen molar-refractivity contribution in [2.24, 2.45) is 0 Å². The summed E-state index contributed by atoms with van der Waals surface area (Å²) >= 11 is 0. The Balaban J connectivity index is 1.53. The number of aromatic nitrogens is 1. The fourth-order valence-electron chi connectivity index (χ4n) is 3.15. The lowest BCUT2D eigenvalue weighted by molar-refractivity contribution is 0.412. The molecule has 1 aliphatic heterocycles. The number of nitrogens with zero attached hydrogens (tertiary/aromatic N) is 2. The van der Waals surface area contributed by atoms with Crippen molar-refractivity contribution in [2.45, 2.75) is 39.3 Å². The van der Waals surface area contributed by atoms with Crippen LogP contribution in [0.4, 0.5) is 5.69 Å². The van der Waals surface area contributed by atoms with E-state index in [4.69, 9.17) is 0 Å². The summed E-state index contributed by atoms with van der Waals surface area (Å²) in [7, 11) is 0. The minimum absolute atomic E-state index is 0.600. The van der Waals surface area contributed by atoms with Crippen LogP contribution in [0.25, 0.3) is 0 Å². The highest BCUT2D eigenvalue weighted by Gasteiger charge is 2.20. The lowest BCUT2D eigenvalue weighted by atomic mass is 10.0. The molecule has 2 aromatic rings. The molecule has 0 spiro atoms. The summed E-state index contributed by atoms with van der Waals surface area (Å²) in [6.07, 6.45) is 4.25. The molecule has 0 saturated carbocycles. The first kappa shape index (κ1) is 15.0. The van der Waals surface area contributed by atoms with E-state index in [0.717, 1.165) is 25.3 Å². The lowest BCUT2D eigenvalue weighted by Crippen LogP contribution is -2.42. The van der Waals surface area contributed by atoms with E-state index < -0.39 is 0 Å². The minimum atomic E-state index is 0.600. The molecule has 22 heavy (non-hydrogen) atoms. The fourth-order valence-corrected chi connectivity index (χ4v) is 3.15. The van der Waals surface area contributed by atoms with Gasteiger partial charge < -0.3 is 10.2 Å². The van der Waals surface area contributed by atoms with Crippen LogP contribution in [0.2, 0.25) is 0 Å². The van der Waals surface area contributed by atoms with Gasteiger partial charge in [-0.1, -0.05) is 18.2 Å². The molecule has 1 fully saturated rings. The molecule has 3 heteroatoms. The molecule has 0 unspecified atom stereocenters. The Bertz CT molecular complexity index is 601. The third kappa shape index (κ3) is 3.47. The van der Waals surface area contributed by atoms with Gasteiger partial charge >= 0.3 is 0 Å². The standard InChI is InChI=1S/C19H25N3/c1-15-6-5-8-19(16(15)2)22-12-9-17(10-13-22)21-14-18-7-3-4-11-20-18/h3-8,11,17,21H,9-10,12-14H2,1-2H3. The van der Waals surface area contributed by atoms with Crippen molar-refractivity contribution in [3.8, 4) is 0 Å². The van der Waals surface area contributed by atoms with Crippen molar-refractivity contribution in [3.63, 3.8) is 0 Å². The fraction of sp³-hybridized carbons (Fsp3) is 0.421. The molecular formula is C19H25N3. The van der Waals surface area contributed by atoms with E-state index in [-0.39, 0.29) is 0 Å². The van der Waals surface area contributed by atoms with Crippen molar-refractivity contribution < 1.29 is 0 Å². The van der Waals surface area contributed by atoms with Gasteiger partial charge in [-0.05, 0) is 56.0 Å². The maximum Gasteiger partial charge on any atom is 0.0541 e. The predicted octanol–water partition coefficient (Wildman–Crippen LogP) is 3.46. The monoisotopic (exact) mass is 295 g/mol. The smallest absolute Gasteiger partial charge is 0.0541 e. The van der Waals surface area contributed by atoms with Gasteiger partial charge in [0.25, 0.3) is 0 Å². The third-order valence-electron chi connectivity index (χ3n) is 4.71. The molecule has 1 aliphatic rings. The number of hydrogen-bond acceptors (Lipinski definition) is 3. The first-order chi connectivity index (χ1) is 10.7. The number of benzene rings is 1. The lowest BCUT2D eigenvalue weighted by Gasteiger charge is -2.35. The summed E-state index contributed by atoms with van der Waals surface area (Å²) in [4.78, 5) is 6.90. The zero-order valence-electron chi connectivity index (χ0n) is 13.5. The molecule has 3 nitrogen and oxygen atoms in total. The summed E-state index contributed by atoms with van der Waals surface area (Å²) in [5, 5.41) is 3.65. The Morgan fingerprint density at radius 3 is 2.64 bits per heavy atom. The van der Waals surface area contributed by atoms with E-state index in [9.17, 15) is 0 Å².